The molecule has 8 nitrogen and oxygen atoms in total. The highest BCUT2D eigenvalue weighted by Gasteiger charge is 2.17. The van der Waals surface area contributed by atoms with E-state index < -0.39 is 0 Å². The number of nitrogens with one attached hydrogen (secondary N) is 2. The van der Waals surface area contributed by atoms with Crippen LogP contribution < -0.4 is 10.6 Å². The number of aromatic nitrogens is 4. The minimum Gasteiger partial charge on any atom is -0.345 e. The molecule has 0 bridgehead atoms. The zero-order valence-electron chi connectivity index (χ0n) is 17.9. The lowest BCUT2D eigenvalue weighted by atomic mass is 10.1. The average Bonchev–Trinajstić information content (AvgIpc) is 3.33. The van der Waals surface area contributed by atoms with Gasteiger partial charge >= 0.3 is 0 Å². The Kier molecular flexibility index (Phi) is 7.11. The molecule has 1 atom stereocenters. The number of hydrogen-bond acceptors (Lipinski definition) is 6. The van der Waals surface area contributed by atoms with E-state index in [1.807, 2.05) is 67.6 Å². The Morgan fingerprint density at radius 2 is 1.61 bits per heavy atom. The van der Waals surface area contributed by atoms with Crippen molar-refractivity contribution < 1.29 is 9.59 Å². The highest BCUT2D eigenvalue weighted by Crippen LogP contribution is 2.21. The van der Waals surface area contributed by atoms with Crippen LogP contribution in [0.15, 0.2) is 90.1 Å². The summed E-state index contributed by atoms with van der Waals surface area (Å²) in [5, 5.41) is 18.0. The standard InChI is InChI=1S/C24H22N6O2S/c1-17(18-10-4-2-5-11-18)25-23(32)20-14-8-9-15-21(20)26-22(31)16-33-24-27-28-29-30(24)19-12-6-3-7-13-19/h2-15,17H,16H2,1H3,(H,25,32)(H,26,31). The lowest BCUT2D eigenvalue weighted by molar-refractivity contribution is -0.113. The maximum Gasteiger partial charge on any atom is 0.253 e. The Balaban J connectivity index is 1.40. The van der Waals surface area contributed by atoms with E-state index in [0.29, 0.717) is 16.4 Å². The van der Waals surface area contributed by atoms with E-state index in [-0.39, 0.29) is 23.6 Å². The van der Waals surface area contributed by atoms with Gasteiger partial charge in [-0.3, -0.25) is 9.59 Å². The second kappa shape index (κ2) is 10.6. The van der Waals surface area contributed by atoms with Crippen LogP contribution in [-0.2, 0) is 4.79 Å². The van der Waals surface area contributed by atoms with Crippen LogP contribution in [0.2, 0.25) is 0 Å². The molecule has 0 saturated heterocycles. The second-order valence-electron chi connectivity index (χ2n) is 7.20. The molecule has 0 saturated carbocycles. The Bertz CT molecular complexity index is 1230. The van der Waals surface area contributed by atoms with E-state index in [2.05, 4.69) is 26.2 Å². The average molecular weight is 459 g/mol. The summed E-state index contributed by atoms with van der Waals surface area (Å²) < 4.78 is 1.57. The van der Waals surface area contributed by atoms with Crippen LogP contribution in [-0.4, -0.2) is 37.8 Å². The monoisotopic (exact) mass is 458 g/mol. The lowest BCUT2D eigenvalue weighted by Crippen LogP contribution is -2.28. The molecule has 0 aliphatic rings. The molecule has 0 aliphatic carbocycles. The molecule has 4 rings (SSSR count). The molecule has 1 aromatic heterocycles. The number of hydrogen-bond donors (Lipinski definition) is 2. The number of rotatable bonds is 8. The Hall–Kier alpha value is -3.98. The van der Waals surface area contributed by atoms with Crippen molar-refractivity contribution in [3.05, 3.63) is 96.1 Å². The van der Waals surface area contributed by atoms with Crippen molar-refractivity contribution >= 4 is 29.3 Å². The summed E-state index contributed by atoms with van der Waals surface area (Å²) in [5.74, 6) is -0.439. The summed E-state index contributed by atoms with van der Waals surface area (Å²) >= 11 is 1.21. The third-order valence-corrected chi connectivity index (χ3v) is 5.79. The van der Waals surface area contributed by atoms with Gasteiger partial charge in [0, 0.05) is 0 Å². The van der Waals surface area contributed by atoms with Gasteiger partial charge in [0.15, 0.2) is 0 Å². The van der Waals surface area contributed by atoms with Gasteiger partial charge < -0.3 is 10.6 Å². The van der Waals surface area contributed by atoms with Crippen molar-refractivity contribution in [2.75, 3.05) is 11.1 Å². The molecule has 0 spiro atoms. The number of anilines is 1. The molecule has 0 fully saturated rings. The first kappa shape index (κ1) is 22.2. The third kappa shape index (κ3) is 5.64. The number of para-hydroxylation sites is 2. The molecule has 2 N–H and O–H groups in total. The maximum absolute atomic E-state index is 12.9. The Morgan fingerprint density at radius 1 is 0.939 bits per heavy atom. The largest absolute Gasteiger partial charge is 0.345 e. The fraction of sp³-hybridized carbons (Fsp3) is 0.125. The van der Waals surface area contributed by atoms with Crippen molar-refractivity contribution in [3.63, 3.8) is 0 Å². The van der Waals surface area contributed by atoms with Crippen molar-refractivity contribution in [3.8, 4) is 5.69 Å². The first-order chi connectivity index (χ1) is 16.1. The highest BCUT2D eigenvalue weighted by atomic mass is 32.2. The van der Waals surface area contributed by atoms with Gasteiger partial charge in [0.05, 0.1) is 28.7 Å². The topological polar surface area (TPSA) is 102 Å². The number of benzene rings is 3. The molecule has 0 radical (unpaired) electrons. The predicted octanol–water partition coefficient (Wildman–Crippen LogP) is 3.88. The summed E-state index contributed by atoms with van der Waals surface area (Å²) in [7, 11) is 0. The zero-order chi connectivity index (χ0) is 23.0. The third-order valence-electron chi connectivity index (χ3n) is 4.87. The SMILES string of the molecule is CC(NC(=O)c1ccccc1NC(=O)CSc1nnnn1-c1ccccc1)c1ccccc1. The minimum atomic E-state index is -0.265. The molecule has 1 heterocycles. The van der Waals surface area contributed by atoms with Gasteiger partial charge in [0.2, 0.25) is 11.1 Å². The van der Waals surface area contributed by atoms with E-state index in [0.717, 1.165) is 11.3 Å². The van der Waals surface area contributed by atoms with Gasteiger partial charge in [0.25, 0.3) is 5.91 Å². The molecule has 1 unspecified atom stereocenters. The fourth-order valence-corrected chi connectivity index (χ4v) is 3.90. The molecule has 0 aliphatic heterocycles. The van der Waals surface area contributed by atoms with Crippen LogP contribution in [0.1, 0.15) is 28.9 Å². The normalized spacial score (nSPS) is 11.5. The van der Waals surface area contributed by atoms with Gasteiger partial charge in [0.1, 0.15) is 0 Å². The fourth-order valence-electron chi connectivity index (χ4n) is 3.21. The van der Waals surface area contributed by atoms with Crippen molar-refractivity contribution in [2.45, 2.75) is 18.1 Å². The van der Waals surface area contributed by atoms with Crippen LogP contribution in [0.4, 0.5) is 5.69 Å². The summed E-state index contributed by atoms with van der Waals surface area (Å²) in [6.45, 7) is 1.92. The zero-order valence-corrected chi connectivity index (χ0v) is 18.7. The molecule has 3 aromatic carbocycles. The number of tetrazole rings is 1. The van der Waals surface area contributed by atoms with Crippen molar-refractivity contribution in [1.82, 2.24) is 25.5 Å². The lowest BCUT2D eigenvalue weighted by Gasteiger charge is -2.16. The van der Waals surface area contributed by atoms with Gasteiger partial charge in [-0.1, -0.05) is 72.4 Å². The number of amides is 2. The van der Waals surface area contributed by atoms with E-state index >= 15 is 0 Å². The molecule has 166 valence electrons. The molecule has 9 heteroatoms. The Morgan fingerprint density at radius 3 is 2.36 bits per heavy atom. The Labute approximate surface area is 195 Å². The molecule has 2 amide bonds. The summed E-state index contributed by atoms with van der Waals surface area (Å²) in [6, 6.07) is 25.9. The summed E-state index contributed by atoms with van der Waals surface area (Å²) in [5.41, 5.74) is 2.65. The smallest absolute Gasteiger partial charge is 0.253 e. The van der Waals surface area contributed by atoms with E-state index in [1.54, 1.807) is 28.9 Å². The summed E-state index contributed by atoms with van der Waals surface area (Å²) in [6.07, 6.45) is 0. The summed E-state index contributed by atoms with van der Waals surface area (Å²) in [4.78, 5) is 25.5. The van der Waals surface area contributed by atoms with Gasteiger partial charge in [-0.2, -0.15) is 4.68 Å². The van der Waals surface area contributed by atoms with Crippen LogP contribution in [0.3, 0.4) is 0 Å². The predicted molar refractivity (Wildman–Crippen MR) is 127 cm³/mol. The van der Waals surface area contributed by atoms with Gasteiger partial charge in [-0.15, -0.1) is 5.10 Å². The van der Waals surface area contributed by atoms with Crippen molar-refractivity contribution in [2.24, 2.45) is 0 Å². The molecule has 4 aromatic rings. The number of thioether (sulfide) groups is 1. The van der Waals surface area contributed by atoms with Crippen LogP contribution >= 0.6 is 11.8 Å². The molecular weight excluding hydrogens is 436 g/mol. The highest BCUT2D eigenvalue weighted by molar-refractivity contribution is 7.99. The number of carbonyl (C=O) groups excluding carboxylic acids is 2. The minimum absolute atomic E-state index is 0.0869. The molecule has 33 heavy (non-hydrogen) atoms. The van der Waals surface area contributed by atoms with E-state index in [9.17, 15) is 9.59 Å². The van der Waals surface area contributed by atoms with E-state index in [1.165, 1.54) is 11.8 Å². The number of nitrogens with zero attached hydrogens (tertiary/aromatic N) is 4. The van der Waals surface area contributed by atoms with Crippen LogP contribution in [0.25, 0.3) is 5.69 Å². The second-order valence-corrected chi connectivity index (χ2v) is 8.14. The molecular formula is C24H22N6O2S. The van der Waals surface area contributed by atoms with Crippen LogP contribution in [0, 0.1) is 0 Å². The van der Waals surface area contributed by atoms with Gasteiger partial charge in [-0.05, 0) is 47.2 Å². The quantitative estimate of drug-likeness (QED) is 0.389. The first-order valence-electron chi connectivity index (χ1n) is 10.3. The maximum atomic E-state index is 12.9. The van der Waals surface area contributed by atoms with Crippen LogP contribution in [0.5, 0.6) is 0 Å². The van der Waals surface area contributed by atoms with Gasteiger partial charge in [-0.25, -0.2) is 0 Å². The number of carbonyl (C=O) groups is 2. The van der Waals surface area contributed by atoms with Crippen molar-refractivity contribution in [1.29, 1.82) is 0 Å². The van der Waals surface area contributed by atoms with E-state index in [4.69, 9.17) is 0 Å². The first-order valence-corrected chi connectivity index (χ1v) is 11.3.